The van der Waals surface area contributed by atoms with E-state index in [4.69, 9.17) is 5.73 Å². The second kappa shape index (κ2) is 7.70. The van der Waals surface area contributed by atoms with E-state index < -0.39 is 0 Å². The van der Waals surface area contributed by atoms with Crippen LogP contribution in [0.15, 0.2) is 18.2 Å². The Morgan fingerprint density at radius 1 is 1.29 bits per heavy atom. The van der Waals surface area contributed by atoms with Gasteiger partial charge < -0.3 is 16.0 Å². The number of aryl methyl sites for hydroxylation is 1. The van der Waals surface area contributed by atoms with Crippen LogP contribution in [0.3, 0.4) is 0 Å². The Hall–Kier alpha value is -1.99. The molecule has 2 rings (SSSR count). The first-order valence-corrected chi connectivity index (χ1v) is 7.56. The first-order valence-electron chi connectivity index (χ1n) is 7.56. The number of nitrogens with zero attached hydrogens (tertiary/aromatic N) is 1. The van der Waals surface area contributed by atoms with Gasteiger partial charge in [0, 0.05) is 24.3 Å². The summed E-state index contributed by atoms with van der Waals surface area (Å²) in [7, 11) is 0. The first-order chi connectivity index (χ1) is 10.2. The number of carbonyl (C=O) groups excluding carboxylic acids is 1. The van der Waals surface area contributed by atoms with Crippen molar-refractivity contribution in [3.05, 3.63) is 29.3 Å². The quantitative estimate of drug-likeness (QED) is 0.779. The van der Waals surface area contributed by atoms with Crippen LogP contribution in [-0.2, 0) is 0 Å². The third-order valence-electron chi connectivity index (χ3n) is 3.70. The topological polar surface area (TPSA) is 58.4 Å². The molecule has 112 valence electrons. The van der Waals surface area contributed by atoms with Gasteiger partial charge in [-0.2, -0.15) is 0 Å². The van der Waals surface area contributed by atoms with Gasteiger partial charge in [0.15, 0.2) is 0 Å². The summed E-state index contributed by atoms with van der Waals surface area (Å²) in [5, 5.41) is 2.98. The summed E-state index contributed by atoms with van der Waals surface area (Å²) in [5.74, 6) is 5.87. The molecule has 3 N–H and O–H groups in total. The number of urea groups is 1. The van der Waals surface area contributed by atoms with Crippen molar-refractivity contribution in [3.63, 3.8) is 0 Å². The van der Waals surface area contributed by atoms with Crippen LogP contribution in [0.1, 0.15) is 36.8 Å². The van der Waals surface area contributed by atoms with Gasteiger partial charge in [-0.1, -0.05) is 24.7 Å². The Morgan fingerprint density at radius 3 is 2.62 bits per heavy atom. The van der Waals surface area contributed by atoms with Crippen molar-refractivity contribution in [2.45, 2.75) is 32.6 Å². The molecule has 0 saturated carbocycles. The molecule has 1 saturated heterocycles. The molecule has 0 aliphatic carbocycles. The lowest BCUT2D eigenvalue weighted by molar-refractivity contribution is 0.214. The molecule has 1 aromatic carbocycles. The summed E-state index contributed by atoms with van der Waals surface area (Å²) in [6.07, 6.45) is 4.63. The second-order valence-electron chi connectivity index (χ2n) is 5.37. The third kappa shape index (κ3) is 4.51. The molecular formula is C17H23N3O. The van der Waals surface area contributed by atoms with Crippen molar-refractivity contribution in [1.29, 1.82) is 0 Å². The number of hydrogen-bond acceptors (Lipinski definition) is 2. The van der Waals surface area contributed by atoms with E-state index >= 15 is 0 Å². The molecular weight excluding hydrogens is 262 g/mol. The number of amides is 2. The largest absolute Gasteiger partial charge is 0.325 e. The maximum Gasteiger partial charge on any atom is 0.321 e. The van der Waals surface area contributed by atoms with Gasteiger partial charge in [0.05, 0.1) is 6.54 Å². The van der Waals surface area contributed by atoms with Gasteiger partial charge in [-0.15, -0.1) is 0 Å². The highest BCUT2D eigenvalue weighted by Crippen LogP contribution is 2.16. The molecule has 0 bridgehead atoms. The lowest BCUT2D eigenvalue weighted by atomic mass is 10.1. The minimum atomic E-state index is -0.00269. The van der Waals surface area contributed by atoms with Crippen molar-refractivity contribution in [2.24, 2.45) is 5.73 Å². The van der Waals surface area contributed by atoms with Crippen molar-refractivity contribution in [1.82, 2.24) is 4.90 Å². The Labute approximate surface area is 126 Å². The van der Waals surface area contributed by atoms with Gasteiger partial charge in [-0.05, 0) is 43.5 Å². The van der Waals surface area contributed by atoms with Crippen LogP contribution < -0.4 is 11.1 Å². The van der Waals surface area contributed by atoms with E-state index in [9.17, 15) is 4.79 Å². The fourth-order valence-electron chi connectivity index (χ4n) is 2.50. The van der Waals surface area contributed by atoms with Crippen LogP contribution in [0.2, 0.25) is 0 Å². The lowest BCUT2D eigenvalue weighted by Gasteiger charge is -2.21. The van der Waals surface area contributed by atoms with Crippen LogP contribution in [0.25, 0.3) is 0 Å². The molecule has 0 atom stereocenters. The van der Waals surface area contributed by atoms with Gasteiger partial charge in [-0.3, -0.25) is 0 Å². The summed E-state index contributed by atoms with van der Waals surface area (Å²) in [4.78, 5) is 14.2. The molecule has 1 aliphatic rings. The highest BCUT2D eigenvalue weighted by atomic mass is 16.2. The van der Waals surface area contributed by atoms with Gasteiger partial charge in [-0.25, -0.2) is 4.79 Å². The molecule has 4 nitrogen and oxygen atoms in total. The van der Waals surface area contributed by atoms with Crippen molar-refractivity contribution in [3.8, 4) is 11.8 Å². The molecule has 1 fully saturated rings. The zero-order valence-electron chi connectivity index (χ0n) is 12.6. The summed E-state index contributed by atoms with van der Waals surface area (Å²) in [5.41, 5.74) is 8.20. The number of benzene rings is 1. The smallest absolute Gasteiger partial charge is 0.321 e. The fourth-order valence-corrected chi connectivity index (χ4v) is 2.50. The molecule has 0 unspecified atom stereocenters. The van der Waals surface area contributed by atoms with Crippen molar-refractivity contribution >= 4 is 11.7 Å². The van der Waals surface area contributed by atoms with Crippen LogP contribution in [0.4, 0.5) is 10.5 Å². The molecule has 0 radical (unpaired) electrons. The summed E-state index contributed by atoms with van der Waals surface area (Å²) in [6, 6.07) is 5.77. The van der Waals surface area contributed by atoms with Gasteiger partial charge in [0.1, 0.15) is 0 Å². The molecule has 1 heterocycles. The summed E-state index contributed by atoms with van der Waals surface area (Å²) < 4.78 is 0. The lowest BCUT2D eigenvalue weighted by Crippen LogP contribution is -2.35. The number of nitrogens with two attached hydrogens (primary N) is 1. The standard InChI is InChI=1S/C17H23N3O/c1-14-13-16(9-8-15(14)7-6-10-18)19-17(21)20-11-4-2-3-5-12-20/h8-9,13H,2-5,10-12,18H2,1H3,(H,19,21). The zero-order chi connectivity index (χ0) is 15.1. The number of anilines is 1. The Balaban J connectivity index is 2.02. The first kappa shape index (κ1) is 15.4. The number of nitrogens with one attached hydrogen (secondary N) is 1. The normalized spacial score (nSPS) is 14.9. The predicted octanol–water partition coefficient (Wildman–Crippen LogP) is 2.71. The van der Waals surface area contributed by atoms with E-state index in [1.807, 2.05) is 30.0 Å². The SMILES string of the molecule is Cc1cc(NC(=O)N2CCCCCC2)ccc1C#CCN. The minimum Gasteiger partial charge on any atom is -0.325 e. The molecule has 2 amide bonds. The van der Waals surface area contributed by atoms with Crippen LogP contribution in [-0.4, -0.2) is 30.6 Å². The predicted molar refractivity (Wildman–Crippen MR) is 86.2 cm³/mol. The average molecular weight is 285 g/mol. The maximum atomic E-state index is 12.3. The monoisotopic (exact) mass is 285 g/mol. The number of carbonyl (C=O) groups is 1. The van der Waals surface area contributed by atoms with Crippen molar-refractivity contribution < 1.29 is 4.79 Å². The van der Waals surface area contributed by atoms with Gasteiger partial charge in [0.25, 0.3) is 0 Å². The molecule has 1 aliphatic heterocycles. The number of likely N-dealkylation sites (tertiary alicyclic amines) is 1. The highest BCUT2D eigenvalue weighted by molar-refractivity contribution is 5.89. The van der Waals surface area contributed by atoms with E-state index in [1.165, 1.54) is 12.8 Å². The highest BCUT2D eigenvalue weighted by Gasteiger charge is 2.15. The van der Waals surface area contributed by atoms with E-state index in [0.29, 0.717) is 6.54 Å². The maximum absolute atomic E-state index is 12.3. The zero-order valence-corrected chi connectivity index (χ0v) is 12.6. The van der Waals surface area contributed by atoms with E-state index in [-0.39, 0.29) is 6.03 Å². The van der Waals surface area contributed by atoms with Crippen LogP contribution in [0.5, 0.6) is 0 Å². The average Bonchev–Trinajstić information content (AvgIpc) is 2.75. The number of rotatable bonds is 1. The van der Waals surface area contributed by atoms with Crippen LogP contribution >= 0.6 is 0 Å². The van der Waals surface area contributed by atoms with E-state index in [1.54, 1.807) is 0 Å². The van der Waals surface area contributed by atoms with E-state index in [2.05, 4.69) is 17.2 Å². The van der Waals surface area contributed by atoms with Gasteiger partial charge >= 0.3 is 6.03 Å². The molecule has 0 aromatic heterocycles. The molecule has 1 aromatic rings. The van der Waals surface area contributed by atoms with E-state index in [0.717, 1.165) is 42.7 Å². The Bertz CT molecular complexity index is 549. The Kier molecular flexibility index (Phi) is 5.65. The summed E-state index contributed by atoms with van der Waals surface area (Å²) in [6.45, 7) is 4.05. The fraction of sp³-hybridized carbons (Fsp3) is 0.471. The van der Waals surface area contributed by atoms with Gasteiger partial charge in [0.2, 0.25) is 0 Å². The second-order valence-corrected chi connectivity index (χ2v) is 5.37. The van der Waals surface area contributed by atoms with Crippen LogP contribution in [0, 0.1) is 18.8 Å². The van der Waals surface area contributed by atoms with Crippen molar-refractivity contribution in [2.75, 3.05) is 25.0 Å². The molecule has 21 heavy (non-hydrogen) atoms. The third-order valence-corrected chi connectivity index (χ3v) is 3.70. The molecule has 0 spiro atoms. The summed E-state index contributed by atoms with van der Waals surface area (Å²) >= 11 is 0. The minimum absolute atomic E-state index is 0.00269. The Morgan fingerprint density at radius 2 is 2.00 bits per heavy atom. The number of hydrogen-bond donors (Lipinski definition) is 2. The molecule has 4 heteroatoms.